The molecule has 0 saturated carbocycles. The monoisotopic (exact) mass is 291 g/mol. The van der Waals surface area contributed by atoms with Crippen LogP contribution in [0.4, 0.5) is 5.69 Å². The fourth-order valence-electron chi connectivity index (χ4n) is 2.63. The molecule has 5 nitrogen and oxygen atoms in total. The molecule has 1 aromatic rings. The summed E-state index contributed by atoms with van der Waals surface area (Å²) in [6.07, 6.45) is -0.704. The molecule has 1 saturated heterocycles. The van der Waals surface area contributed by atoms with Gasteiger partial charge in [0.15, 0.2) is 0 Å². The van der Waals surface area contributed by atoms with Gasteiger partial charge in [-0.2, -0.15) is 0 Å². The van der Waals surface area contributed by atoms with Crippen LogP contribution in [-0.2, 0) is 14.3 Å². The Morgan fingerprint density at radius 3 is 2.19 bits per heavy atom. The predicted molar refractivity (Wildman–Crippen MR) is 79.3 cm³/mol. The smallest absolute Gasteiger partial charge is 0.303 e. The Morgan fingerprint density at radius 2 is 1.76 bits per heavy atom. The maximum atomic E-state index is 12.3. The van der Waals surface area contributed by atoms with Crippen molar-refractivity contribution in [3.05, 3.63) is 24.3 Å². The van der Waals surface area contributed by atoms with Crippen LogP contribution in [0.25, 0.3) is 0 Å². The van der Waals surface area contributed by atoms with Crippen LogP contribution in [0.15, 0.2) is 24.3 Å². The molecule has 1 fully saturated rings. The Kier molecular flexibility index (Phi) is 3.94. The fraction of sp³-hybridized carbons (Fsp3) is 0.500. The standard InChI is InChI=1S/C16H21NO4/c1-10(18)21-13-14(16(2,3)4)17(15(13)19)11-6-8-12(20-5)9-7-11/h6-9,13-14H,1-5H3/t13-,14-/m1/s1. The van der Waals surface area contributed by atoms with Gasteiger partial charge in [-0.05, 0) is 29.7 Å². The lowest BCUT2D eigenvalue weighted by molar-refractivity contribution is -0.163. The zero-order valence-electron chi connectivity index (χ0n) is 13.0. The number of amides is 1. The molecule has 1 aliphatic heterocycles. The number of hydrogen-bond acceptors (Lipinski definition) is 4. The summed E-state index contributed by atoms with van der Waals surface area (Å²) in [6.45, 7) is 7.40. The maximum Gasteiger partial charge on any atom is 0.303 e. The number of carbonyl (C=O) groups is 2. The third-order valence-corrected chi connectivity index (χ3v) is 3.58. The molecule has 0 N–H and O–H groups in total. The second-order valence-corrected chi connectivity index (χ2v) is 6.25. The van der Waals surface area contributed by atoms with E-state index in [0.29, 0.717) is 0 Å². The Hall–Kier alpha value is -2.04. The van der Waals surface area contributed by atoms with Crippen molar-refractivity contribution in [3.63, 3.8) is 0 Å². The van der Waals surface area contributed by atoms with Crippen molar-refractivity contribution in [1.29, 1.82) is 0 Å². The molecule has 1 aromatic carbocycles. The lowest BCUT2D eigenvalue weighted by Gasteiger charge is -2.51. The van der Waals surface area contributed by atoms with Crippen molar-refractivity contribution in [2.45, 2.75) is 39.8 Å². The SMILES string of the molecule is COc1ccc(N2C(=O)[C@H](OC(C)=O)[C@@H]2C(C)(C)C)cc1. The Morgan fingerprint density at radius 1 is 1.19 bits per heavy atom. The van der Waals surface area contributed by atoms with Gasteiger partial charge in [-0.15, -0.1) is 0 Å². The molecule has 0 unspecified atom stereocenters. The molecule has 0 aromatic heterocycles. The first-order valence-corrected chi connectivity index (χ1v) is 6.90. The summed E-state index contributed by atoms with van der Waals surface area (Å²) in [4.78, 5) is 25.2. The molecular weight excluding hydrogens is 270 g/mol. The van der Waals surface area contributed by atoms with Gasteiger partial charge in [-0.25, -0.2) is 0 Å². The molecule has 0 spiro atoms. The molecule has 1 aliphatic rings. The highest BCUT2D eigenvalue weighted by Crippen LogP contribution is 2.40. The molecule has 1 heterocycles. The highest BCUT2D eigenvalue weighted by atomic mass is 16.6. The number of rotatable bonds is 3. The van der Waals surface area contributed by atoms with E-state index < -0.39 is 12.1 Å². The van der Waals surface area contributed by atoms with E-state index in [1.54, 1.807) is 12.0 Å². The Balaban J connectivity index is 2.29. The number of benzene rings is 1. The number of β-lactam (4-membered cyclic amide) rings is 1. The van der Waals surface area contributed by atoms with Crippen LogP contribution >= 0.6 is 0 Å². The molecule has 114 valence electrons. The van der Waals surface area contributed by atoms with E-state index >= 15 is 0 Å². The summed E-state index contributed by atoms with van der Waals surface area (Å²) >= 11 is 0. The van der Waals surface area contributed by atoms with Gasteiger partial charge in [0, 0.05) is 12.6 Å². The van der Waals surface area contributed by atoms with Crippen molar-refractivity contribution in [2.75, 3.05) is 12.0 Å². The van der Waals surface area contributed by atoms with E-state index in [0.717, 1.165) is 11.4 Å². The molecule has 21 heavy (non-hydrogen) atoms. The van der Waals surface area contributed by atoms with Gasteiger partial charge >= 0.3 is 5.97 Å². The van der Waals surface area contributed by atoms with E-state index in [4.69, 9.17) is 9.47 Å². The van der Waals surface area contributed by atoms with E-state index in [-0.39, 0.29) is 17.4 Å². The number of hydrogen-bond donors (Lipinski definition) is 0. The third-order valence-electron chi connectivity index (χ3n) is 3.58. The van der Waals surface area contributed by atoms with Gasteiger partial charge < -0.3 is 14.4 Å². The summed E-state index contributed by atoms with van der Waals surface area (Å²) in [5.41, 5.74) is 0.581. The minimum absolute atomic E-state index is 0.178. The topological polar surface area (TPSA) is 55.8 Å². The predicted octanol–water partition coefficient (Wildman–Crippen LogP) is 2.39. The maximum absolute atomic E-state index is 12.3. The lowest BCUT2D eigenvalue weighted by atomic mass is 9.76. The van der Waals surface area contributed by atoms with Crippen molar-refractivity contribution in [1.82, 2.24) is 0 Å². The molecule has 5 heteroatoms. The molecule has 2 atom stereocenters. The second-order valence-electron chi connectivity index (χ2n) is 6.25. The van der Waals surface area contributed by atoms with Crippen molar-refractivity contribution >= 4 is 17.6 Å². The van der Waals surface area contributed by atoms with Crippen LogP contribution in [0.2, 0.25) is 0 Å². The minimum atomic E-state index is -0.704. The van der Waals surface area contributed by atoms with Gasteiger partial charge in [0.25, 0.3) is 5.91 Å². The second kappa shape index (κ2) is 5.39. The molecule has 1 amide bonds. The zero-order chi connectivity index (χ0) is 15.8. The zero-order valence-corrected chi connectivity index (χ0v) is 13.0. The van der Waals surface area contributed by atoms with Gasteiger partial charge in [0.1, 0.15) is 5.75 Å². The summed E-state index contributed by atoms with van der Waals surface area (Å²) in [6, 6.07) is 7.10. The van der Waals surface area contributed by atoms with Crippen LogP contribution < -0.4 is 9.64 Å². The highest BCUT2D eigenvalue weighted by molar-refractivity contribution is 6.06. The molecular formula is C16H21NO4. The lowest BCUT2D eigenvalue weighted by Crippen LogP contribution is -2.70. The molecule has 0 bridgehead atoms. The van der Waals surface area contributed by atoms with E-state index in [2.05, 4.69) is 0 Å². The average molecular weight is 291 g/mol. The van der Waals surface area contributed by atoms with Crippen molar-refractivity contribution in [3.8, 4) is 5.75 Å². The molecule has 0 radical (unpaired) electrons. The average Bonchev–Trinajstić information content (AvgIpc) is 2.40. The summed E-state index contributed by atoms with van der Waals surface area (Å²) in [5.74, 6) is 0.114. The van der Waals surface area contributed by atoms with Crippen LogP contribution in [-0.4, -0.2) is 31.1 Å². The number of methoxy groups -OCH3 is 1. The quantitative estimate of drug-likeness (QED) is 0.634. The summed E-state index contributed by atoms with van der Waals surface area (Å²) < 4.78 is 10.3. The number of esters is 1. The third kappa shape index (κ3) is 2.86. The van der Waals surface area contributed by atoms with Gasteiger partial charge in [0.2, 0.25) is 6.10 Å². The minimum Gasteiger partial charge on any atom is -0.497 e. The molecule has 2 rings (SSSR count). The van der Waals surface area contributed by atoms with Crippen LogP contribution in [0, 0.1) is 5.41 Å². The largest absolute Gasteiger partial charge is 0.497 e. The molecule has 0 aliphatic carbocycles. The van der Waals surface area contributed by atoms with Gasteiger partial charge in [0.05, 0.1) is 13.2 Å². The van der Waals surface area contributed by atoms with Crippen molar-refractivity contribution < 1.29 is 19.1 Å². The van der Waals surface area contributed by atoms with Crippen LogP contribution in [0.5, 0.6) is 5.75 Å². The van der Waals surface area contributed by atoms with Gasteiger partial charge in [-0.1, -0.05) is 20.8 Å². The van der Waals surface area contributed by atoms with Crippen molar-refractivity contribution in [2.24, 2.45) is 5.41 Å². The van der Waals surface area contributed by atoms with Crippen LogP contribution in [0.3, 0.4) is 0 Å². The van der Waals surface area contributed by atoms with Gasteiger partial charge in [-0.3, -0.25) is 9.59 Å². The van der Waals surface area contributed by atoms with Crippen LogP contribution in [0.1, 0.15) is 27.7 Å². The summed E-state index contributed by atoms with van der Waals surface area (Å²) in [5, 5.41) is 0. The van der Waals surface area contributed by atoms with E-state index in [9.17, 15) is 9.59 Å². The Bertz CT molecular complexity index is 544. The normalized spacial score (nSPS) is 21.8. The summed E-state index contributed by atoms with van der Waals surface area (Å²) in [7, 11) is 1.60. The number of ether oxygens (including phenoxy) is 2. The number of anilines is 1. The van der Waals surface area contributed by atoms with E-state index in [1.807, 2.05) is 45.0 Å². The Labute approximate surface area is 124 Å². The number of carbonyl (C=O) groups excluding carboxylic acids is 2. The first kappa shape index (κ1) is 15.4. The van der Waals surface area contributed by atoms with E-state index in [1.165, 1.54) is 6.92 Å². The fourth-order valence-corrected chi connectivity index (χ4v) is 2.63. The highest BCUT2D eigenvalue weighted by Gasteiger charge is 2.55. The first-order valence-electron chi connectivity index (χ1n) is 6.90. The first-order chi connectivity index (χ1) is 9.75. The number of nitrogens with zero attached hydrogens (tertiary/aromatic N) is 1.